The van der Waals surface area contributed by atoms with Crippen LogP contribution >= 0.6 is 0 Å². The number of hydrogen-bond acceptors (Lipinski definition) is 4. The van der Waals surface area contributed by atoms with Crippen molar-refractivity contribution in [3.63, 3.8) is 0 Å². The van der Waals surface area contributed by atoms with Crippen LogP contribution in [0.4, 0.5) is 5.69 Å². The van der Waals surface area contributed by atoms with Gasteiger partial charge in [0.15, 0.2) is 0 Å². The maximum absolute atomic E-state index is 11.8. The van der Waals surface area contributed by atoms with Crippen LogP contribution in [-0.4, -0.2) is 37.1 Å². The van der Waals surface area contributed by atoms with Crippen molar-refractivity contribution in [3.8, 4) is 0 Å². The molecule has 0 spiro atoms. The third-order valence-corrected chi connectivity index (χ3v) is 2.80. The summed E-state index contributed by atoms with van der Waals surface area (Å²) in [5.74, 6) is -0.125. The first-order valence-corrected chi connectivity index (χ1v) is 6.92. The zero-order valence-corrected chi connectivity index (χ0v) is 11.9. The summed E-state index contributed by atoms with van der Waals surface area (Å²) in [5, 5.41) is 2.76. The van der Waals surface area contributed by atoms with E-state index in [1.54, 1.807) is 6.20 Å². The van der Waals surface area contributed by atoms with Crippen LogP contribution in [0.2, 0.25) is 0 Å². The molecule has 1 rings (SSSR count). The molecule has 0 radical (unpaired) electrons. The minimum Gasteiger partial charge on any atom is -0.371 e. The SMILES string of the molecule is CCCN(CCCN)c1ccnc(C(=O)NCC)c1. The first-order valence-electron chi connectivity index (χ1n) is 6.92. The molecule has 0 saturated heterocycles. The molecule has 0 aliphatic rings. The number of nitrogens with one attached hydrogen (secondary N) is 1. The van der Waals surface area contributed by atoms with Gasteiger partial charge in [0.2, 0.25) is 0 Å². The average molecular weight is 264 g/mol. The van der Waals surface area contributed by atoms with Crippen molar-refractivity contribution < 1.29 is 4.79 Å². The van der Waals surface area contributed by atoms with E-state index in [1.165, 1.54) is 0 Å². The average Bonchev–Trinajstić information content (AvgIpc) is 2.44. The van der Waals surface area contributed by atoms with E-state index in [0.29, 0.717) is 18.8 Å². The standard InChI is InChI=1S/C14H24N4O/c1-3-9-18(10-5-7-15)12-6-8-17-13(11-12)14(19)16-4-2/h6,8,11H,3-5,7,9-10,15H2,1-2H3,(H,16,19). The minimum atomic E-state index is -0.125. The highest BCUT2D eigenvalue weighted by Gasteiger charge is 2.10. The lowest BCUT2D eigenvalue weighted by Gasteiger charge is -2.24. The van der Waals surface area contributed by atoms with Gasteiger partial charge in [-0.05, 0) is 38.4 Å². The molecular formula is C14H24N4O. The highest BCUT2D eigenvalue weighted by Crippen LogP contribution is 2.15. The predicted octanol–water partition coefficient (Wildman–Crippen LogP) is 1.40. The van der Waals surface area contributed by atoms with Gasteiger partial charge in [0, 0.05) is 31.5 Å². The van der Waals surface area contributed by atoms with Gasteiger partial charge in [-0.1, -0.05) is 6.92 Å². The Kier molecular flexibility index (Phi) is 6.89. The highest BCUT2D eigenvalue weighted by atomic mass is 16.1. The van der Waals surface area contributed by atoms with E-state index in [4.69, 9.17) is 5.73 Å². The lowest BCUT2D eigenvalue weighted by Crippen LogP contribution is -2.28. The Morgan fingerprint density at radius 2 is 2.21 bits per heavy atom. The smallest absolute Gasteiger partial charge is 0.269 e. The molecular weight excluding hydrogens is 240 g/mol. The molecule has 0 bridgehead atoms. The zero-order valence-electron chi connectivity index (χ0n) is 11.9. The Balaban J connectivity index is 2.84. The van der Waals surface area contributed by atoms with Gasteiger partial charge < -0.3 is 16.0 Å². The number of anilines is 1. The fourth-order valence-corrected chi connectivity index (χ4v) is 1.91. The summed E-state index contributed by atoms with van der Waals surface area (Å²) in [7, 11) is 0. The lowest BCUT2D eigenvalue weighted by atomic mass is 10.2. The van der Waals surface area contributed by atoms with Crippen LogP contribution in [0.1, 0.15) is 37.2 Å². The molecule has 1 heterocycles. The zero-order chi connectivity index (χ0) is 14.1. The van der Waals surface area contributed by atoms with Crippen LogP contribution in [-0.2, 0) is 0 Å². The number of nitrogens with zero attached hydrogens (tertiary/aromatic N) is 2. The molecule has 1 amide bonds. The van der Waals surface area contributed by atoms with Crippen LogP contribution in [0, 0.1) is 0 Å². The molecule has 3 N–H and O–H groups in total. The van der Waals surface area contributed by atoms with Gasteiger partial charge in [-0.25, -0.2) is 0 Å². The number of nitrogens with two attached hydrogens (primary N) is 1. The molecule has 0 aliphatic carbocycles. The second kappa shape index (κ2) is 8.48. The normalized spacial score (nSPS) is 10.3. The topological polar surface area (TPSA) is 71.2 Å². The van der Waals surface area contributed by atoms with Gasteiger partial charge in [-0.15, -0.1) is 0 Å². The number of rotatable bonds is 8. The Morgan fingerprint density at radius 3 is 2.84 bits per heavy atom. The molecule has 1 aromatic heterocycles. The second-order valence-corrected chi connectivity index (χ2v) is 4.39. The first kappa shape index (κ1) is 15.4. The molecule has 5 heteroatoms. The maximum atomic E-state index is 11.8. The van der Waals surface area contributed by atoms with Crippen molar-refractivity contribution in [2.45, 2.75) is 26.7 Å². The molecule has 5 nitrogen and oxygen atoms in total. The third-order valence-electron chi connectivity index (χ3n) is 2.80. The largest absolute Gasteiger partial charge is 0.371 e. The monoisotopic (exact) mass is 264 g/mol. The maximum Gasteiger partial charge on any atom is 0.269 e. The summed E-state index contributed by atoms with van der Waals surface area (Å²) in [6.45, 7) is 7.18. The van der Waals surface area contributed by atoms with Gasteiger partial charge in [-0.3, -0.25) is 9.78 Å². The van der Waals surface area contributed by atoms with Crippen LogP contribution < -0.4 is 16.0 Å². The van der Waals surface area contributed by atoms with Crippen molar-refractivity contribution >= 4 is 11.6 Å². The Bertz CT molecular complexity index is 395. The summed E-state index contributed by atoms with van der Waals surface area (Å²) >= 11 is 0. The molecule has 0 unspecified atom stereocenters. The number of carbonyl (C=O) groups is 1. The van der Waals surface area contributed by atoms with Gasteiger partial charge in [0.25, 0.3) is 5.91 Å². The van der Waals surface area contributed by atoms with Crippen molar-refractivity contribution in [3.05, 3.63) is 24.0 Å². The van der Waals surface area contributed by atoms with Gasteiger partial charge in [0.05, 0.1) is 0 Å². The van der Waals surface area contributed by atoms with E-state index in [0.717, 1.165) is 31.6 Å². The van der Waals surface area contributed by atoms with Crippen LogP contribution in [0.15, 0.2) is 18.3 Å². The fraction of sp³-hybridized carbons (Fsp3) is 0.571. The molecule has 0 fully saturated rings. The lowest BCUT2D eigenvalue weighted by molar-refractivity contribution is 0.0951. The Morgan fingerprint density at radius 1 is 1.42 bits per heavy atom. The molecule has 0 aromatic carbocycles. The van der Waals surface area contributed by atoms with E-state index in [1.807, 2.05) is 19.1 Å². The Labute approximate surface area is 115 Å². The summed E-state index contributed by atoms with van der Waals surface area (Å²) in [5.41, 5.74) is 7.07. The number of carbonyl (C=O) groups excluding carboxylic acids is 1. The molecule has 0 saturated carbocycles. The summed E-state index contributed by atoms with van der Waals surface area (Å²) in [4.78, 5) is 18.1. The van der Waals surface area contributed by atoms with Crippen LogP contribution in [0.25, 0.3) is 0 Å². The van der Waals surface area contributed by atoms with Crippen LogP contribution in [0.3, 0.4) is 0 Å². The van der Waals surface area contributed by atoms with Crippen molar-refractivity contribution in [1.82, 2.24) is 10.3 Å². The fourth-order valence-electron chi connectivity index (χ4n) is 1.91. The Hall–Kier alpha value is -1.62. The van der Waals surface area contributed by atoms with Crippen molar-refractivity contribution in [2.24, 2.45) is 5.73 Å². The number of amides is 1. The van der Waals surface area contributed by atoms with E-state index >= 15 is 0 Å². The summed E-state index contributed by atoms with van der Waals surface area (Å²) in [6, 6.07) is 3.78. The third kappa shape index (κ3) is 4.87. The number of pyridine rings is 1. The van der Waals surface area contributed by atoms with Gasteiger partial charge in [-0.2, -0.15) is 0 Å². The van der Waals surface area contributed by atoms with E-state index in [2.05, 4.69) is 22.1 Å². The van der Waals surface area contributed by atoms with Crippen molar-refractivity contribution in [2.75, 3.05) is 31.1 Å². The van der Waals surface area contributed by atoms with Gasteiger partial charge >= 0.3 is 0 Å². The minimum absolute atomic E-state index is 0.125. The van der Waals surface area contributed by atoms with Gasteiger partial charge in [0.1, 0.15) is 5.69 Å². The van der Waals surface area contributed by atoms with Crippen LogP contribution in [0.5, 0.6) is 0 Å². The molecule has 1 aromatic rings. The number of aromatic nitrogens is 1. The quantitative estimate of drug-likeness (QED) is 0.744. The van der Waals surface area contributed by atoms with E-state index in [-0.39, 0.29) is 5.91 Å². The summed E-state index contributed by atoms with van der Waals surface area (Å²) in [6.07, 6.45) is 3.69. The summed E-state index contributed by atoms with van der Waals surface area (Å²) < 4.78 is 0. The highest BCUT2D eigenvalue weighted by molar-refractivity contribution is 5.93. The van der Waals surface area contributed by atoms with Crippen molar-refractivity contribution in [1.29, 1.82) is 0 Å². The molecule has 106 valence electrons. The first-order chi connectivity index (χ1) is 9.22. The number of hydrogen-bond donors (Lipinski definition) is 2. The van der Waals surface area contributed by atoms with E-state index < -0.39 is 0 Å². The van der Waals surface area contributed by atoms with E-state index in [9.17, 15) is 4.79 Å². The second-order valence-electron chi connectivity index (χ2n) is 4.39. The molecule has 0 aliphatic heterocycles. The molecule has 19 heavy (non-hydrogen) atoms. The molecule has 0 atom stereocenters. The predicted molar refractivity (Wildman–Crippen MR) is 78.4 cm³/mol.